The molecule has 0 aliphatic carbocycles. The van der Waals surface area contributed by atoms with Crippen molar-refractivity contribution in [1.29, 1.82) is 0 Å². The average Bonchev–Trinajstić information content (AvgIpc) is 3.29. The van der Waals surface area contributed by atoms with Crippen LogP contribution in [0.1, 0.15) is 0 Å². The number of thiophene rings is 2. The molecule has 0 fully saturated rings. The maximum Gasteiger partial charge on any atom is 0.0342 e. The molecule has 4 rings (SSSR count). The molecule has 0 radical (unpaired) electrons. The lowest BCUT2D eigenvalue weighted by atomic mass is 10.0. The van der Waals surface area contributed by atoms with Crippen LogP contribution in [-0.2, 0) is 0 Å². The van der Waals surface area contributed by atoms with Gasteiger partial charge in [0.1, 0.15) is 0 Å². The Kier molecular flexibility index (Phi) is 3.63. The molecule has 0 unspecified atom stereocenters. The lowest BCUT2D eigenvalue weighted by Gasteiger charge is -2.05. The second-order valence-electron chi connectivity index (χ2n) is 5.11. The van der Waals surface area contributed by atoms with E-state index in [0.717, 1.165) is 0 Å². The van der Waals surface area contributed by atoms with Crippen molar-refractivity contribution in [3.8, 4) is 32.0 Å². The Balaban J connectivity index is 1.62. The molecule has 2 heteroatoms. The highest BCUT2D eigenvalue weighted by atomic mass is 32.1. The van der Waals surface area contributed by atoms with E-state index in [-0.39, 0.29) is 0 Å². The van der Waals surface area contributed by atoms with E-state index >= 15 is 0 Å². The Hall–Kier alpha value is -2.16. The third kappa shape index (κ3) is 2.63. The zero-order valence-corrected chi connectivity index (χ0v) is 13.5. The summed E-state index contributed by atoms with van der Waals surface area (Å²) >= 11 is 3.56. The molecule has 106 valence electrons. The number of hydrogen-bond donors (Lipinski definition) is 0. The first-order valence-corrected chi connectivity index (χ1v) is 8.94. The van der Waals surface area contributed by atoms with Crippen LogP contribution in [0.4, 0.5) is 0 Å². The molecule has 2 aromatic carbocycles. The molecule has 2 aromatic heterocycles. The van der Waals surface area contributed by atoms with Crippen molar-refractivity contribution < 1.29 is 0 Å². The number of hydrogen-bond acceptors (Lipinski definition) is 2. The Labute approximate surface area is 138 Å². The minimum Gasteiger partial charge on any atom is -0.144 e. The molecule has 4 aromatic rings. The first-order valence-electron chi connectivity index (χ1n) is 7.18. The van der Waals surface area contributed by atoms with Gasteiger partial charge in [-0.15, -0.1) is 22.7 Å². The molecule has 0 amide bonds. The SMILES string of the molecule is c1csc(-c2ccc(-c3ccc(-c4cccs4)cc3)cc2)c1. The molecule has 0 spiro atoms. The highest BCUT2D eigenvalue weighted by Crippen LogP contribution is 2.30. The largest absolute Gasteiger partial charge is 0.144 e. The van der Waals surface area contributed by atoms with E-state index in [0.29, 0.717) is 0 Å². The number of rotatable bonds is 3. The fourth-order valence-electron chi connectivity index (χ4n) is 2.54. The van der Waals surface area contributed by atoms with Gasteiger partial charge in [0, 0.05) is 9.75 Å². The van der Waals surface area contributed by atoms with E-state index in [1.165, 1.54) is 32.0 Å². The van der Waals surface area contributed by atoms with Crippen molar-refractivity contribution in [2.75, 3.05) is 0 Å². The van der Waals surface area contributed by atoms with E-state index in [2.05, 4.69) is 83.6 Å². The third-order valence-electron chi connectivity index (χ3n) is 3.71. The minimum absolute atomic E-state index is 1.26. The summed E-state index contributed by atoms with van der Waals surface area (Å²) in [7, 11) is 0. The van der Waals surface area contributed by atoms with Gasteiger partial charge in [-0.05, 0) is 45.1 Å². The summed E-state index contributed by atoms with van der Waals surface area (Å²) in [5.74, 6) is 0. The maximum atomic E-state index is 2.20. The molecule has 0 aliphatic rings. The average molecular weight is 318 g/mol. The van der Waals surface area contributed by atoms with Crippen molar-refractivity contribution in [2.24, 2.45) is 0 Å². The van der Waals surface area contributed by atoms with Crippen molar-refractivity contribution >= 4 is 22.7 Å². The van der Waals surface area contributed by atoms with Crippen LogP contribution in [0.25, 0.3) is 32.0 Å². The summed E-state index contributed by atoms with van der Waals surface area (Å²) in [4.78, 5) is 2.64. The van der Waals surface area contributed by atoms with Gasteiger partial charge in [0.05, 0.1) is 0 Å². The van der Waals surface area contributed by atoms with Gasteiger partial charge in [-0.2, -0.15) is 0 Å². The van der Waals surface area contributed by atoms with E-state index in [1.807, 2.05) is 0 Å². The Morgan fingerprint density at radius 3 is 1.09 bits per heavy atom. The summed E-state index contributed by atoms with van der Waals surface area (Å²) in [5, 5.41) is 4.24. The van der Waals surface area contributed by atoms with Gasteiger partial charge in [0.15, 0.2) is 0 Å². The summed E-state index contributed by atoms with van der Waals surface area (Å²) in [6.45, 7) is 0. The Morgan fingerprint density at radius 2 is 0.773 bits per heavy atom. The van der Waals surface area contributed by atoms with Gasteiger partial charge in [-0.3, -0.25) is 0 Å². The highest BCUT2D eigenvalue weighted by molar-refractivity contribution is 7.13. The van der Waals surface area contributed by atoms with Gasteiger partial charge in [-0.25, -0.2) is 0 Å². The minimum atomic E-state index is 1.26. The number of benzene rings is 2. The van der Waals surface area contributed by atoms with E-state index in [9.17, 15) is 0 Å². The molecule has 0 atom stereocenters. The van der Waals surface area contributed by atoms with Crippen LogP contribution >= 0.6 is 22.7 Å². The highest BCUT2D eigenvalue weighted by Gasteiger charge is 2.02. The Morgan fingerprint density at radius 1 is 0.409 bits per heavy atom. The zero-order chi connectivity index (χ0) is 14.8. The van der Waals surface area contributed by atoms with E-state index in [1.54, 1.807) is 22.7 Å². The fraction of sp³-hybridized carbons (Fsp3) is 0. The normalized spacial score (nSPS) is 10.7. The molecular formula is C20H14S2. The van der Waals surface area contributed by atoms with Crippen molar-refractivity contribution in [1.82, 2.24) is 0 Å². The standard InChI is InChI=1S/C20H14S2/c1-3-19(21-13-1)17-9-5-15(6-10-17)16-7-11-18(12-8-16)20-4-2-14-22-20/h1-14H. The summed E-state index contributed by atoms with van der Waals surface area (Å²) in [6, 6.07) is 26.1. The molecule has 0 nitrogen and oxygen atoms in total. The van der Waals surface area contributed by atoms with Gasteiger partial charge >= 0.3 is 0 Å². The summed E-state index contributed by atoms with van der Waals surface area (Å²) < 4.78 is 0. The predicted molar refractivity (Wildman–Crippen MR) is 98.5 cm³/mol. The van der Waals surface area contributed by atoms with Gasteiger partial charge in [0.2, 0.25) is 0 Å². The van der Waals surface area contributed by atoms with Gasteiger partial charge < -0.3 is 0 Å². The zero-order valence-electron chi connectivity index (χ0n) is 11.9. The second-order valence-corrected chi connectivity index (χ2v) is 7.00. The van der Waals surface area contributed by atoms with Crippen molar-refractivity contribution in [2.45, 2.75) is 0 Å². The van der Waals surface area contributed by atoms with Crippen LogP contribution < -0.4 is 0 Å². The maximum absolute atomic E-state index is 2.20. The summed E-state index contributed by atoms with van der Waals surface area (Å²) in [5.41, 5.74) is 5.10. The van der Waals surface area contributed by atoms with Crippen molar-refractivity contribution in [3.05, 3.63) is 83.6 Å². The molecule has 0 saturated heterocycles. The predicted octanol–water partition coefficient (Wildman–Crippen LogP) is 6.81. The topological polar surface area (TPSA) is 0 Å². The molecule has 0 bridgehead atoms. The quantitative estimate of drug-likeness (QED) is 0.389. The van der Waals surface area contributed by atoms with Crippen LogP contribution in [0.2, 0.25) is 0 Å². The van der Waals surface area contributed by atoms with Crippen LogP contribution in [0, 0.1) is 0 Å². The first-order chi connectivity index (χ1) is 10.9. The van der Waals surface area contributed by atoms with Crippen LogP contribution in [0.3, 0.4) is 0 Å². The molecule has 2 heterocycles. The smallest absolute Gasteiger partial charge is 0.0342 e. The second kappa shape index (κ2) is 5.91. The summed E-state index contributed by atoms with van der Waals surface area (Å²) in [6.07, 6.45) is 0. The first kappa shape index (κ1) is 13.5. The molecule has 0 aliphatic heterocycles. The van der Waals surface area contributed by atoms with Crippen LogP contribution in [0.15, 0.2) is 83.6 Å². The lowest BCUT2D eigenvalue weighted by Crippen LogP contribution is -1.79. The molecule has 0 saturated carbocycles. The van der Waals surface area contributed by atoms with Crippen LogP contribution in [-0.4, -0.2) is 0 Å². The van der Waals surface area contributed by atoms with Crippen molar-refractivity contribution in [3.63, 3.8) is 0 Å². The monoisotopic (exact) mass is 318 g/mol. The lowest BCUT2D eigenvalue weighted by molar-refractivity contribution is 1.61. The molecular weight excluding hydrogens is 304 g/mol. The van der Waals surface area contributed by atoms with Gasteiger partial charge in [0.25, 0.3) is 0 Å². The fourth-order valence-corrected chi connectivity index (χ4v) is 4.01. The van der Waals surface area contributed by atoms with E-state index < -0.39 is 0 Å². The Bertz CT molecular complexity index is 761. The third-order valence-corrected chi connectivity index (χ3v) is 5.55. The molecule has 0 N–H and O–H groups in total. The van der Waals surface area contributed by atoms with Gasteiger partial charge in [-0.1, -0.05) is 60.7 Å². The van der Waals surface area contributed by atoms with E-state index in [4.69, 9.17) is 0 Å². The van der Waals surface area contributed by atoms with Crippen LogP contribution in [0.5, 0.6) is 0 Å². The molecule has 22 heavy (non-hydrogen) atoms.